The molecule has 18 heteroatoms. The molecule has 0 fully saturated rings. The molecule has 0 saturated carbocycles. The Morgan fingerprint density at radius 2 is 1.05 bits per heavy atom. The molecule has 1 unspecified atom stereocenters. The van der Waals surface area contributed by atoms with E-state index in [4.69, 9.17) is 23.8 Å². The molecule has 65 heavy (non-hydrogen) atoms. The molecule has 16 nitrogen and oxygen atoms in total. The van der Waals surface area contributed by atoms with Crippen molar-refractivity contribution < 1.29 is 76.9 Å². The molecule has 0 aromatic heterocycles. The molecular formula is C47H84O16P2. The van der Waals surface area contributed by atoms with Crippen LogP contribution in [0.4, 0.5) is 0 Å². The van der Waals surface area contributed by atoms with Crippen LogP contribution in [0.25, 0.3) is 0 Å². The Morgan fingerprint density at radius 3 is 1.60 bits per heavy atom. The third-order valence-corrected chi connectivity index (χ3v) is 11.4. The minimum Gasteiger partial charge on any atom is -0.462 e. The molecule has 6 atom stereocenters. The van der Waals surface area contributed by atoms with Crippen LogP contribution < -0.4 is 0 Å². The fraction of sp³-hybridized carbons (Fsp3) is 0.745. The van der Waals surface area contributed by atoms with Gasteiger partial charge in [-0.05, 0) is 38.0 Å². The van der Waals surface area contributed by atoms with Crippen molar-refractivity contribution in [2.45, 2.75) is 193 Å². The number of allylic oxidation sites excluding steroid dienone is 7. The number of aliphatic hydroxyl groups is 4. The van der Waals surface area contributed by atoms with Crippen molar-refractivity contribution >= 4 is 27.6 Å². The summed E-state index contributed by atoms with van der Waals surface area (Å²) in [5, 5.41) is 40.2. The van der Waals surface area contributed by atoms with E-state index in [0.717, 1.165) is 38.0 Å². The number of ether oxygens (including phenoxy) is 2. The van der Waals surface area contributed by atoms with Crippen LogP contribution >= 0.6 is 15.6 Å². The summed E-state index contributed by atoms with van der Waals surface area (Å²) in [5.41, 5.74) is 0. The Kier molecular flexibility index (Phi) is 39.3. The van der Waals surface area contributed by atoms with E-state index in [9.17, 15) is 44.0 Å². The van der Waals surface area contributed by atoms with Crippen LogP contribution in [-0.2, 0) is 41.8 Å². The lowest BCUT2D eigenvalue weighted by Crippen LogP contribution is -2.30. The zero-order chi connectivity index (χ0) is 48.6. The SMILES string of the molecule is CC/C=C\C[C@@H](O)/C=C/C=C/C=C\C=C/[C@H](O)[C@@H](O)CCCC(=O)OC[C@H](COP(=O)(O)OC[C@@H](O)COP(=O)(O)O)OC(=O)CCCCCCCCCCCCCCCCCC(C)C. The van der Waals surface area contributed by atoms with E-state index in [-0.39, 0.29) is 25.7 Å². The summed E-state index contributed by atoms with van der Waals surface area (Å²) >= 11 is 0. The van der Waals surface area contributed by atoms with Gasteiger partial charge in [-0.15, -0.1) is 0 Å². The molecule has 0 aromatic carbocycles. The van der Waals surface area contributed by atoms with Crippen molar-refractivity contribution in [1.82, 2.24) is 0 Å². The lowest BCUT2D eigenvalue weighted by atomic mass is 10.0. The monoisotopic (exact) mass is 967 g/mol. The molecule has 7 N–H and O–H groups in total. The van der Waals surface area contributed by atoms with Crippen LogP contribution in [0.15, 0.2) is 60.8 Å². The molecule has 0 aliphatic carbocycles. The number of phosphoric ester groups is 2. The number of unbranched alkanes of at least 4 members (excludes halogenated alkanes) is 14. The molecule has 0 saturated heterocycles. The fourth-order valence-corrected chi connectivity index (χ4v) is 7.38. The van der Waals surface area contributed by atoms with Crippen molar-refractivity contribution in [2.75, 3.05) is 26.4 Å². The first-order valence-corrected chi connectivity index (χ1v) is 26.7. The largest absolute Gasteiger partial charge is 0.472 e. The highest BCUT2D eigenvalue weighted by Gasteiger charge is 2.28. The number of hydrogen-bond acceptors (Lipinski definition) is 13. The van der Waals surface area contributed by atoms with Crippen molar-refractivity contribution in [3.05, 3.63) is 60.8 Å². The van der Waals surface area contributed by atoms with Crippen molar-refractivity contribution in [2.24, 2.45) is 5.92 Å². The topological polar surface area (TPSA) is 256 Å². The number of esters is 2. The average molecular weight is 967 g/mol. The van der Waals surface area contributed by atoms with E-state index < -0.39 is 84.5 Å². The van der Waals surface area contributed by atoms with Gasteiger partial charge in [0.25, 0.3) is 0 Å². The van der Waals surface area contributed by atoms with Gasteiger partial charge in [0.15, 0.2) is 6.10 Å². The number of carbonyl (C=O) groups excluding carboxylic acids is 2. The summed E-state index contributed by atoms with van der Waals surface area (Å²) in [5.74, 6) is -0.563. The lowest BCUT2D eigenvalue weighted by molar-refractivity contribution is -0.161. The van der Waals surface area contributed by atoms with E-state index in [1.807, 2.05) is 19.1 Å². The minimum absolute atomic E-state index is 0.0569. The highest BCUT2D eigenvalue weighted by molar-refractivity contribution is 7.47. The molecule has 0 spiro atoms. The van der Waals surface area contributed by atoms with E-state index in [2.05, 4.69) is 22.9 Å². The minimum atomic E-state index is -4.91. The van der Waals surface area contributed by atoms with Crippen LogP contribution in [0.2, 0.25) is 0 Å². The third kappa shape index (κ3) is 44.0. The third-order valence-electron chi connectivity index (χ3n) is 9.93. The van der Waals surface area contributed by atoms with Gasteiger partial charge in [-0.3, -0.25) is 23.2 Å². The van der Waals surface area contributed by atoms with Crippen molar-refractivity contribution in [1.29, 1.82) is 0 Å². The second-order valence-corrected chi connectivity index (χ2v) is 19.4. The van der Waals surface area contributed by atoms with Gasteiger partial charge in [-0.2, -0.15) is 0 Å². The van der Waals surface area contributed by atoms with Gasteiger partial charge in [0.05, 0.1) is 38.1 Å². The Labute approximate surface area is 389 Å². The molecule has 0 bridgehead atoms. The number of rotatable bonds is 43. The average Bonchev–Trinajstić information content (AvgIpc) is 3.24. The predicted octanol–water partition coefficient (Wildman–Crippen LogP) is 9.17. The zero-order valence-electron chi connectivity index (χ0n) is 39.3. The second kappa shape index (κ2) is 40.7. The lowest BCUT2D eigenvalue weighted by Gasteiger charge is -2.20. The van der Waals surface area contributed by atoms with Gasteiger partial charge in [-0.25, -0.2) is 9.13 Å². The van der Waals surface area contributed by atoms with Crippen LogP contribution in [0.1, 0.15) is 162 Å². The van der Waals surface area contributed by atoms with Crippen LogP contribution in [0, 0.1) is 5.92 Å². The number of aliphatic hydroxyl groups excluding tert-OH is 4. The highest BCUT2D eigenvalue weighted by atomic mass is 31.2. The van der Waals surface area contributed by atoms with Crippen molar-refractivity contribution in [3.63, 3.8) is 0 Å². The quantitative estimate of drug-likeness (QED) is 0.00988. The van der Waals surface area contributed by atoms with Gasteiger partial charge in [0.1, 0.15) is 12.7 Å². The summed E-state index contributed by atoms with van der Waals surface area (Å²) < 4.78 is 47.6. The van der Waals surface area contributed by atoms with Crippen molar-refractivity contribution in [3.8, 4) is 0 Å². The summed E-state index contributed by atoms with van der Waals surface area (Å²) in [6, 6.07) is 0. The number of carbonyl (C=O) groups is 2. The Morgan fingerprint density at radius 1 is 0.554 bits per heavy atom. The van der Waals surface area contributed by atoms with Crippen LogP contribution in [-0.4, -0.2) is 104 Å². The Hall–Kier alpha value is -2.30. The maximum Gasteiger partial charge on any atom is 0.472 e. The molecule has 0 radical (unpaired) electrons. The molecule has 0 aliphatic heterocycles. The first kappa shape index (κ1) is 62.7. The molecule has 0 aliphatic rings. The number of hydrogen-bond donors (Lipinski definition) is 7. The summed E-state index contributed by atoms with van der Waals surface area (Å²) in [7, 11) is -9.80. The van der Waals surface area contributed by atoms with Crippen LogP contribution in [0.5, 0.6) is 0 Å². The summed E-state index contributed by atoms with van der Waals surface area (Å²) in [6.45, 7) is 3.52. The Bertz CT molecular complexity index is 1440. The van der Waals surface area contributed by atoms with E-state index in [1.165, 1.54) is 76.7 Å². The fourth-order valence-electron chi connectivity index (χ4n) is 6.23. The Balaban J connectivity index is 4.75. The standard InChI is InChI=1S/C47H84O16P2/c1-4-5-23-30-41(48)31-25-20-17-18-21-26-32-44(50)45(51)33-28-35-46(52)59-38-43(39-62-65(57,58)61-37-42(49)36-60-64(54,55)56)63-47(53)34-27-22-16-14-12-10-8-6-7-9-11-13-15-19-24-29-40(2)3/h5,17-18,20-21,23,25-26,31-32,40-45,48-51H,4,6-16,19,22,24,27-30,33-39H2,1-3H3,(H,57,58)(H2,54,55,56)/b20-17+,21-18-,23-5-,31-25+,32-26-/t41-,42+,43-,44+,45+/m1/s1. The van der Waals surface area contributed by atoms with Gasteiger partial charge in [0, 0.05) is 12.8 Å². The second-order valence-electron chi connectivity index (χ2n) is 16.7. The highest BCUT2D eigenvalue weighted by Crippen LogP contribution is 2.44. The molecule has 0 rings (SSSR count). The normalized spacial score (nSPS) is 16.0. The maximum atomic E-state index is 12.7. The van der Waals surface area contributed by atoms with Gasteiger partial charge >= 0.3 is 27.6 Å². The number of phosphoric acid groups is 2. The molecule has 0 amide bonds. The molecular weight excluding hydrogens is 882 g/mol. The first-order chi connectivity index (χ1) is 30.9. The van der Waals surface area contributed by atoms with E-state index >= 15 is 0 Å². The maximum absolute atomic E-state index is 12.7. The molecule has 378 valence electrons. The van der Waals surface area contributed by atoms with Crippen LogP contribution in [0.3, 0.4) is 0 Å². The van der Waals surface area contributed by atoms with Gasteiger partial charge < -0.3 is 44.6 Å². The smallest absolute Gasteiger partial charge is 0.462 e. The first-order valence-electron chi connectivity index (χ1n) is 23.7. The summed E-state index contributed by atoms with van der Waals surface area (Å²) in [4.78, 5) is 52.9. The summed E-state index contributed by atoms with van der Waals surface area (Å²) in [6.07, 6.45) is 31.6. The van der Waals surface area contributed by atoms with E-state index in [1.54, 1.807) is 42.5 Å². The molecule has 0 heterocycles. The zero-order valence-corrected chi connectivity index (χ0v) is 41.1. The van der Waals surface area contributed by atoms with Gasteiger partial charge in [0.2, 0.25) is 0 Å². The molecule has 0 aromatic rings. The predicted molar refractivity (Wildman–Crippen MR) is 252 cm³/mol. The van der Waals surface area contributed by atoms with E-state index in [0.29, 0.717) is 12.8 Å². The van der Waals surface area contributed by atoms with Gasteiger partial charge in [-0.1, -0.05) is 178 Å².